The molecule has 0 fully saturated rings. The lowest BCUT2D eigenvalue weighted by atomic mass is 9.87. The average Bonchev–Trinajstić information content (AvgIpc) is 3.51. The molecule has 0 aliphatic carbocycles. The molecule has 0 aliphatic heterocycles. The van der Waals surface area contributed by atoms with Crippen LogP contribution in [0.1, 0.15) is 116 Å². The number of hydrogen-bond acceptors (Lipinski definition) is 6. The van der Waals surface area contributed by atoms with Crippen molar-refractivity contribution in [2.75, 3.05) is 0 Å². The minimum absolute atomic E-state index is 0.0894. The van der Waals surface area contributed by atoms with Crippen LogP contribution in [0.5, 0.6) is 0 Å². The van der Waals surface area contributed by atoms with Gasteiger partial charge < -0.3 is 0 Å². The standard InChI is InChI=1S/C25H22OS.C24H20OS.C22H16OS.2C2H6/c1-25(2,3)19-12-14-20(15-13-19)27-24(26)23-21-10-6-4-8-17(21)16-18-9-5-7-11-22(18)23;1-16(2)17-11-13-20(14-12-17)26-24(25)23-21-9-5-3-7-18(21)15-19-8-4-6-10-22(19)23;1-15-10-12-18(13-11-15)24-22(23)21-19-8-4-2-6-16(19)14-17-7-3-5-9-20(17)21;2*1-2/h4-16H,1-3H3;3-16H,1-2H3;2-14H,1H3;2*1-2H3. The Morgan fingerprint density at radius 1 is 0.333 bits per heavy atom. The predicted octanol–water partition coefficient (Wildman–Crippen LogP) is 22.6. The summed E-state index contributed by atoms with van der Waals surface area (Å²) in [4.78, 5) is 42.5. The normalized spacial score (nSPS) is 11.0. The summed E-state index contributed by atoms with van der Waals surface area (Å²) >= 11 is 3.91. The number of thioether (sulfide) groups is 3. The second-order valence-corrected chi connectivity index (χ2v) is 23.7. The van der Waals surface area contributed by atoms with E-state index in [-0.39, 0.29) is 20.8 Å². The van der Waals surface area contributed by atoms with Gasteiger partial charge in [-0.25, -0.2) is 0 Å². The summed E-state index contributed by atoms with van der Waals surface area (Å²) in [6.07, 6.45) is 0. The molecule has 0 saturated carbocycles. The first-order chi connectivity index (χ1) is 39.3. The van der Waals surface area contributed by atoms with Gasteiger partial charge in [0.05, 0.1) is 0 Å². The molecule has 0 saturated heterocycles. The zero-order chi connectivity index (χ0) is 57.6. The Morgan fingerprint density at radius 2 is 0.568 bits per heavy atom. The predicted molar refractivity (Wildman–Crippen MR) is 354 cm³/mol. The molecule has 406 valence electrons. The Morgan fingerprint density at radius 3 is 0.815 bits per heavy atom. The van der Waals surface area contributed by atoms with Crippen molar-refractivity contribution >= 4 is 115 Å². The molecule has 81 heavy (non-hydrogen) atoms. The number of benzene rings is 12. The molecule has 0 aromatic heterocycles. The maximum absolute atomic E-state index is 13.3. The second-order valence-electron chi connectivity index (χ2n) is 20.6. The molecule has 0 aliphatic rings. The topological polar surface area (TPSA) is 51.2 Å². The van der Waals surface area contributed by atoms with E-state index in [0.717, 1.165) is 96.0 Å². The van der Waals surface area contributed by atoms with Crippen molar-refractivity contribution in [3.8, 4) is 0 Å². The summed E-state index contributed by atoms with van der Waals surface area (Å²) < 4.78 is 0. The molecule has 6 heteroatoms. The van der Waals surface area contributed by atoms with Crippen LogP contribution < -0.4 is 0 Å². The third kappa shape index (κ3) is 14.2. The zero-order valence-corrected chi connectivity index (χ0v) is 50.5. The number of rotatable bonds is 7. The quantitative estimate of drug-likeness (QED) is 0.117. The molecule has 0 bridgehead atoms. The molecule has 12 aromatic rings. The van der Waals surface area contributed by atoms with E-state index in [1.807, 2.05) is 173 Å². The van der Waals surface area contributed by atoms with E-state index in [1.165, 1.54) is 52.0 Å². The van der Waals surface area contributed by atoms with E-state index in [9.17, 15) is 14.4 Å². The van der Waals surface area contributed by atoms with Crippen molar-refractivity contribution in [2.45, 2.75) is 95.3 Å². The molecule has 0 unspecified atom stereocenters. The number of carbonyl (C=O) groups excluding carboxylic acids is 3. The molecule has 12 rings (SSSR count). The lowest BCUT2D eigenvalue weighted by molar-refractivity contribution is 0.108. The fourth-order valence-electron chi connectivity index (χ4n) is 9.73. The second kappa shape index (κ2) is 27.6. The Kier molecular flexibility index (Phi) is 20.2. The molecular weight excluding hydrogens is 1050 g/mol. The first kappa shape index (κ1) is 59.4. The van der Waals surface area contributed by atoms with Crippen molar-refractivity contribution < 1.29 is 14.4 Å². The minimum atomic E-state index is 0.0894. The van der Waals surface area contributed by atoms with Gasteiger partial charge in [0, 0.05) is 31.4 Å². The van der Waals surface area contributed by atoms with Crippen LogP contribution in [0.15, 0.2) is 251 Å². The molecular formula is C75H70O3S3. The summed E-state index contributed by atoms with van der Waals surface area (Å²) in [5.74, 6) is 0.492. The van der Waals surface area contributed by atoms with E-state index in [4.69, 9.17) is 0 Å². The van der Waals surface area contributed by atoms with Gasteiger partial charge in [-0.1, -0.05) is 250 Å². The SMILES string of the molecule is CC.CC.CC(C)(C)c1ccc(SC(=O)c2c3ccccc3cc3ccccc23)cc1.CC(C)c1ccc(SC(=O)c2c3ccccc3cc3ccccc23)cc1.Cc1ccc(SC(=O)c2c3ccccc3cc3ccccc23)cc1. The number of aryl methyl sites for hydroxylation is 1. The van der Waals surface area contributed by atoms with Crippen molar-refractivity contribution in [2.24, 2.45) is 0 Å². The third-order valence-electron chi connectivity index (χ3n) is 13.8. The highest BCUT2D eigenvalue weighted by atomic mass is 32.2. The highest BCUT2D eigenvalue weighted by Crippen LogP contribution is 2.38. The Balaban J connectivity index is 0.000000155. The van der Waals surface area contributed by atoms with Gasteiger partial charge in [0.15, 0.2) is 0 Å². The van der Waals surface area contributed by atoms with Crippen LogP contribution in [0.25, 0.3) is 64.6 Å². The van der Waals surface area contributed by atoms with Gasteiger partial charge in [0.2, 0.25) is 15.3 Å². The molecule has 0 radical (unpaired) electrons. The van der Waals surface area contributed by atoms with E-state index in [1.54, 1.807) is 0 Å². The summed E-state index contributed by atoms with van der Waals surface area (Å²) in [5, 5.41) is 13.0. The van der Waals surface area contributed by atoms with Crippen LogP contribution in [0.3, 0.4) is 0 Å². The first-order valence-corrected chi connectivity index (χ1v) is 30.4. The Labute approximate surface area is 491 Å². The number of carbonyl (C=O) groups is 3. The van der Waals surface area contributed by atoms with Crippen molar-refractivity contribution in [3.05, 3.63) is 270 Å². The fourth-order valence-corrected chi connectivity index (χ4v) is 12.1. The first-order valence-electron chi connectivity index (χ1n) is 27.9. The van der Waals surface area contributed by atoms with Crippen molar-refractivity contribution in [3.63, 3.8) is 0 Å². The van der Waals surface area contributed by atoms with E-state index < -0.39 is 0 Å². The summed E-state index contributed by atoms with van der Waals surface area (Å²) in [5.41, 5.74) is 6.27. The van der Waals surface area contributed by atoms with Crippen molar-refractivity contribution in [1.82, 2.24) is 0 Å². The van der Waals surface area contributed by atoms with Crippen LogP contribution in [0, 0.1) is 6.92 Å². The fraction of sp³-hybridized carbons (Fsp3) is 0.160. The van der Waals surface area contributed by atoms with Gasteiger partial charge in [-0.3, -0.25) is 14.4 Å². The van der Waals surface area contributed by atoms with E-state index in [2.05, 4.69) is 133 Å². The summed E-state index contributed by atoms with van der Waals surface area (Å²) in [7, 11) is 0. The van der Waals surface area contributed by atoms with E-state index in [0.29, 0.717) is 5.92 Å². The third-order valence-corrected chi connectivity index (χ3v) is 16.5. The Hall–Kier alpha value is -7.74. The minimum Gasteiger partial charge on any atom is -0.281 e. The maximum atomic E-state index is 13.3. The van der Waals surface area contributed by atoms with Crippen LogP contribution in [-0.4, -0.2) is 15.3 Å². The summed E-state index contributed by atoms with van der Waals surface area (Å²) in [6.45, 7) is 21.0. The van der Waals surface area contributed by atoms with Gasteiger partial charge in [-0.2, -0.15) is 0 Å². The van der Waals surface area contributed by atoms with Gasteiger partial charge in [-0.05, 0) is 184 Å². The van der Waals surface area contributed by atoms with Crippen LogP contribution in [0.4, 0.5) is 0 Å². The molecule has 0 atom stereocenters. The summed E-state index contributed by atoms with van der Waals surface area (Å²) in [6, 6.07) is 79.9. The van der Waals surface area contributed by atoms with Crippen LogP contribution >= 0.6 is 35.3 Å². The monoisotopic (exact) mass is 1110 g/mol. The lowest BCUT2D eigenvalue weighted by Gasteiger charge is -2.19. The molecule has 3 nitrogen and oxygen atoms in total. The van der Waals surface area contributed by atoms with E-state index >= 15 is 0 Å². The average molecular weight is 1120 g/mol. The smallest absolute Gasteiger partial charge is 0.225 e. The highest BCUT2D eigenvalue weighted by Gasteiger charge is 2.20. The zero-order valence-electron chi connectivity index (χ0n) is 48.0. The molecule has 0 heterocycles. The van der Waals surface area contributed by atoms with Gasteiger partial charge in [0.1, 0.15) is 0 Å². The lowest BCUT2D eigenvalue weighted by Crippen LogP contribution is -2.10. The van der Waals surface area contributed by atoms with Gasteiger partial charge in [0.25, 0.3) is 0 Å². The van der Waals surface area contributed by atoms with Crippen LogP contribution in [0.2, 0.25) is 0 Å². The molecule has 0 amide bonds. The maximum Gasteiger partial charge on any atom is 0.225 e. The highest BCUT2D eigenvalue weighted by molar-refractivity contribution is 8.14. The van der Waals surface area contributed by atoms with Crippen LogP contribution in [-0.2, 0) is 5.41 Å². The number of hydrogen-bond donors (Lipinski definition) is 0. The molecule has 12 aromatic carbocycles. The largest absolute Gasteiger partial charge is 0.281 e. The number of fused-ring (bicyclic) bond motifs is 6. The van der Waals surface area contributed by atoms with Crippen molar-refractivity contribution in [1.29, 1.82) is 0 Å². The molecule has 0 N–H and O–H groups in total. The Bertz CT molecular complexity index is 3970. The van der Waals surface area contributed by atoms with Gasteiger partial charge >= 0.3 is 0 Å². The van der Waals surface area contributed by atoms with Gasteiger partial charge in [-0.15, -0.1) is 0 Å². The molecule has 0 spiro atoms.